The predicted molar refractivity (Wildman–Crippen MR) is 189 cm³/mol. The highest BCUT2D eigenvalue weighted by Gasteiger charge is 2.56. The Morgan fingerprint density at radius 3 is 1.80 bits per heavy atom. The van der Waals surface area contributed by atoms with E-state index in [2.05, 4.69) is 0 Å². The lowest BCUT2D eigenvalue weighted by atomic mass is 9.83. The van der Waals surface area contributed by atoms with E-state index in [0.717, 1.165) is 0 Å². The van der Waals surface area contributed by atoms with Gasteiger partial charge in [-0.05, 0) is 5.92 Å². The van der Waals surface area contributed by atoms with E-state index in [4.69, 9.17) is 42.7 Å². The van der Waals surface area contributed by atoms with E-state index in [9.17, 15) is 71.2 Å². The number of aliphatic carboxylic acids is 1. The van der Waals surface area contributed by atoms with Gasteiger partial charge in [0.2, 0.25) is 0 Å². The third-order valence-corrected chi connectivity index (χ3v) is 11.6. The summed E-state index contributed by atoms with van der Waals surface area (Å²) in [5.74, 6) is -6.80. The summed E-state index contributed by atoms with van der Waals surface area (Å²) in [6.45, 7) is 5.15. The Hall–Kier alpha value is -1.91. The van der Waals surface area contributed by atoms with Crippen molar-refractivity contribution in [3.05, 3.63) is 0 Å². The van der Waals surface area contributed by atoms with Crippen LogP contribution in [0.5, 0.6) is 0 Å². The van der Waals surface area contributed by atoms with Crippen molar-refractivity contribution in [1.29, 1.82) is 0 Å². The van der Waals surface area contributed by atoms with Gasteiger partial charge in [0.15, 0.2) is 12.6 Å². The normalized spacial score (nSPS) is 43.7. The summed E-state index contributed by atoms with van der Waals surface area (Å²) in [6, 6.07) is 0. The van der Waals surface area contributed by atoms with Crippen molar-refractivity contribution < 1.29 is 114 Å². The smallest absolute Gasteiger partial charge is 0.373 e. The average molecular weight is 863 g/mol. The minimum absolute atomic E-state index is 0.196. The first-order chi connectivity index (χ1) is 27.6. The van der Waals surface area contributed by atoms with Gasteiger partial charge in [-0.15, -0.1) is 0 Å². The predicted octanol–water partition coefficient (Wildman–Crippen LogP) is -5.84. The topological polar surface area (TPSA) is 379 Å². The van der Waals surface area contributed by atoms with Gasteiger partial charge in [-0.25, -0.2) is 4.79 Å². The standard InChI is InChI=1S/C35H62O21.CO2/c1-12(2)28-15(5)30(26(46)21(51-28)11-50-35(34(48)49)7-17(40)14(4)31(56-35)24(44)19(42)9-37)55-33-27(47)32(25(45)20(10-38)52-33)54-22-6-16(39)13(3)29(53-22)23(43)18(41)8-36;2-1-3/h12-33,36-47H,6-11H2,1-5H3,(H,48,49);/t13-,14-,15?,16-,17-,18-,19-,20?,21?,22-,23-,24-,25+,26+,27?,28-,29?,30-,31?,32+,33+,35-;/m1./s1. The maximum absolute atomic E-state index is 12.6. The first-order valence-electron chi connectivity index (χ1n) is 19.4. The molecule has 0 bridgehead atoms. The number of carbonyl (C=O) groups is 1. The molecule has 4 heterocycles. The van der Waals surface area contributed by atoms with Crippen molar-refractivity contribution in [3.8, 4) is 0 Å². The molecule has 0 aromatic heterocycles. The first kappa shape index (κ1) is 51.4. The fourth-order valence-corrected chi connectivity index (χ4v) is 7.94. The molecule has 4 rings (SSSR count). The van der Waals surface area contributed by atoms with Gasteiger partial charge in [0.1, 0.15) is 61.0 Å². The molecule has 0 aromatic rings. The maximum atomic E-state index is 12.6. The molecule has 0 spiro atoms. The fraction of sp³-hybridized carbons (Fsp3) is 0.944. The summed E-state index contributed by atoms with van der Waals surface area (Å²) >= 11 is 0. The fourth-order valence-electron chi connectivity index (χ4n) is 7.94. The highest BCUT2D eigenvalue weighted by molar-refractivity contribution is 5.76. The van der Waals surface area contributed by atoms with Crippen LogP contribution in [0.2, 0.25) is 0 Å². The zero-order valence-corrected chi connectivity index (χ0v) is 33.3. The lowest BCUT2D eigenvalue weighted by Gasteiger charge is -2.50. The van der Waals surface area contributed by atoms with Crippen LogP contribution in [-0.4, -0.2) is 221 Å². The highest BCUT2D eigenvalue weighted by Crippen LogP contribution is 2.40. The minimum atomic E-state index is -2.60. The van der Waals surface area contributed by atoms with Gasteiger partial charge in [0, 0.05) is 30.6 Å². The summed E-state index contributed by atoms with van der Waals surface area (Å²) < 4.78 is 41.3. The molecule has 23 heteroatoms. The third-order valence-electron chi connectivity index (χ3n) is 11.6. The lowest BCUT2D eigenvalue weighted by Crippen LogP contribution is -2.65. The molecule has 13 N–H and O–H groups in total. The largest absolute Gasteiger partial charge is 0.477 e. The monoisotopic (exact) mass is 862 g/mol. The average Bonchev–Trinajstić information content (AvgIpc) is 3.19. The van der Waals surface area contributed by atoms with Crippen LogP contribution in [0.25, 0.3) is 0 Å². The number of carboxylic acids is 1. The number of hydrogen-bond acceptors (Lipinski definition) is 22. The molecule has 4 aliphatic heterocycles. The molecule has 0 aromatic carbocycles. The Morgan fingerprint density at radius 1 is 0.729 bits per heavy atom. The molecule has 4 fully saturated rings. The molecule has 0 amide bonds. The van der Waals surface area contributed by atoms with Gasteiger partial charge >= 0.3 is 12.1 Å². The van der Waals surface area contributed by atoms with Crippen LogP contribution in [0.4, 0.5) is 0 Å². The summed E-state index contributed by atoms with van der Waals surface area (Å²) in [5.41, 5.74) is 0. The van der Waals surface area contributed by atoms with Crippen LogP contribution in [0.1, 0.15) is 47.5 Å². The van der Waals surface area contributed by atoms with Crippen molar-refractivity contribution in [2.24, 2.45) is 23.7 Å². The van der Waals surface area contributed by atoms with Gasteiger partial charge in [0.05, 0.1) is 63.1 Å². The van der Waals surface area contributed by atoms with E-state index in [1.165, 1.54) is 6.92 Å². The lowest BCUT2D eigenvalue weighted by molar-refractivity contribution is -0.365. The minimum Gasteiger partial charge on any atom is -0.477 e. The molecule has 23 nitrogen and oxygen atoms in total. The van der Waals surface area contributed by atoms with E-state index < -0.39 is 173 Å². The molecular weight excluding hydrogens is 800 g/mol. The molecule has 0 saturated carbocycles. The van der Waals surface area contributed by atoms with Gasteiger partial charge < -0.3 is 99.5 Å². The molecule has 0 radical (unpaired) electrons. The van der Waals surface area contributed by atoms with Crippen LogP contribution in [-0.2, 0) is 47.5 Å². The van der Waals surface area contributed by atoms with Crippen molar-refractivity contribution in [2.75, 3.05) is 26.4 Å². The molecular formula is C36H62O23. The Labute approximate surface area is 339 Å². The Balaban J connectivity index is 0.00000300. The molecule has 4 aliphatic rings. The third kappa shape index (κ3) is 11.8. The number of rotatable bonds is 16. The summed E-state index contributed by atoms with van der Waals surface area (Å²) in [4.78, 5) is 28.9. The van der Waals surface area contributed by atoms with Crippen molar-refractivity contribution in [1.82, 2.24) is 0 Å². The van der Waals surface area contributed by atoms with Gasteiger partial charge in [-0.3, -0.25) is 0 Å². The van der Waals surface area contributed by atoms with Gasteiger partial charge in [-0.2, -0.15) is 9.59 Å². The van der Waals surface area contributed by atoms with Crippen LogP contribution in [0, 0.1) is 23.7 Å². The van der Waals surface area contributed by atoms with E-state index in [1.807, 2.05) is 13.8 Å². The summed E-state index contributed by atoms with van der Waals surface area (Å²) in [6.07, 6.45) is -27.2. The quantitative estimate of drug-likeness (QED) is 0.0687. The van der Waals surface area contributed by atoms with Crippen molar-refractivity contribution in [2.45, 2.75) is 163 Å². The molecule has 0 aliphatic carbocycles. The summed E-state index contributed by atoms with van der Waals surface area (Å²) in [7, 11) is 0. The van der Waals surface area contributed by atoms with Gasteiger partial charge in [0.25, 0.3) is 5.79 Å². The van der Waals surface area contributed by atoms with Gasteiger partial charge in [-0.1, -0.05) is 34.6 Å². The number of aliphatic hydroxyl groups excluding tert-OH is 12. The second kappa shape index (κ2) is 22.4. The van der Waals surface area contributed by atoms with Crippen LogP contribution < -0.4 is 0 Å². The number of hydrogen-bond donors (Lipinski definition) is 13. The molecule has 344 valence electrons. The Morgan fingerprint density at radius 2 is 1.27 bits per heavy atom. The van der Waals surface area contributed by atoms with E-state index in [0.29, 0.717) is 0 Å². The number of carboxylic acid groups (broad SMARTS) is 1. The zero-order chi connectivity index (χ0) is 44.7. The zero-order valence-electron chi connectivity index (χ0n) is 33.3. The first-order valence-corrected chi connectivity index (χ1v) is 19.4. The second-order valence-electron chi connectivity index (χ2n) is 16.0. The molecule has 4 saturated heterocycles. The van der Waals surface area contributed by atoms with E-state index in [1.54, 1.807) is 13.8 Å². The number of ether oxygens (including phenoxy) is 7. The van der Waals surface area contributed by atoms with E-state index in [-0.39, 0.29) is 18.5 Å². The van der Waals surface area contributed by atoms with Crippen LogP contribution >= 0.6 is 0 Å². The van der Waals surface area contributed by atoms with E-state index >= 15 is 0 Å². The molecule has 59 heavy (non-hydrogen) atoms. The van der Waals surface area contributed by atoms with Crippen LogP contribution in [0.3, 0.4) is 0 Å². The summed E-state index contributed by atoms with van der Waals surface area (Å²) in [5, 5.41) is 136. The second-order valence-corrected chi connectivity index (χ2v) is 16.0. The molecule has 6 unspecified atom stereocenters. The Kier molecular flexibility index (Phi) is 19.6. The van der Waals surface area contributed by atoms with Crippen molar-refractivity contribution in [3.63, 3.8) is 0 Å². The highest BCUT2D eigenvalue weighted by atomic mass is 16.7. The SMILES string of the molecule is CC(C)[C@H]1OC(CO[C@]2(C(=O)O)C[C@@H](O)[C@@H](C)C([C@H](O)[C@H](O)CO)O2)[C@H](O)[C@H](O[C@@H]2OC(CO)[C@H](O)[C@H](O[C@@H]3C[C@@H](O)[C@@H](C)C([C@H](O)[C@H](O)CO)O3)C2O)C1C.O=C=O. The number of aliphatic hydroxyl groups is 12. The van der Waals surface area contributed by atoms with Crippen molar-refractivity contribution >= 4 is 12.1 Å². The van der Waals surface area contributed by atoms with Crippen LogP contribution in [0.15, 0.2) is 0 Å². The number of carbonyl (C=O) groups excluding carboxylic acids is 2. The maximum Gasteiger partial charge on any atom is 0.373 e. The Bertz CT molecular complexity index is 1320. The molecule has 22 atom stereocenters.